The zero-order chi connectivity index (χ0) is 46.7. The fourth-order valence-corrected chi connectivity index (χ4v) is 9.19. The number of rotatable bonds is 53. The molecule has 0 saturated carbocycles. The van der Waals surface area contributed by atoms with E-state index in [2.05, 4.69) is 38.2 Å². The molecule has 3 atom stereocenters. The van der Waals surface area contributed by atoms with E-state index in [4.69, 9.17) is 4.74 Å². The van der Waals surface area contributed by atoms with E-state index >= 15 is 0 Å². The third-order valence-corrected chi connectivity index (χ3v) is 13.6. The number of esters is 1. The molecule has 3 N–H and O–H groups in total. The summed E-state index contributed by atoms with van der Waals surface area (Å²) in [4.78, 5) is 26.3. The number of hydrogen-bond donors (Lipinski definition) is 3. The number of allylic oxidation sites excluding steroid dienone is 2. The molecule has 0 aliphatic rings. The van der Waals surface area contributed by atoms with Crippen molar-refractivity contribution < 1.29 is 24.5 Å². The summed E-state index contributed by atoms with van der Waals surface area (Å²) in [5, 5.41) is 23.9. The van der Waals surface area contributed by atoms with Gasteiger partial charge in [-0.15, -0.1) is 0 Å². The van der Waals surface area contributed by atoms with Gasteiger partial charge in [-0.3, -0.25) is 9.59 Å². The fraction of sp³-hybridized carbons (Fsp3) is 0.931. The van der Waals surface area contributed by atoms with Crippen LogP contribution in [-0.4, -0.2) is 46.9 Å². The molecule has 0 aromatic rings. The van der Waals surface area contributed by atoms with Crippen molar-refractivity contribution in [2.45, 2.75) is 341 Å². The lowest BCUT2D eigenvalue weighted by molar-refractivity contribution is -0.151. The molecule has 0 saturated heterocycles. The summed E-state index contributed by atoms with van der Waals surface area (Å²) < 4.78 is 5.96. The molecule has 0 radical (unpaired) electrons. The Morgan fingerprint density at radius 2 is 0.750 bits per heavy atom. The monoisotopic (exact) mass is 904 g/mol. The van der Waals surface area contributed by atoms with Crippen LogP contribution in [0.2, 0.25) is 0 Å². The first-order valence-corrected chi connectivity index (χ1v) is 28.9. The number of carbonyl (C=O) groups excluding carboxylic acids is 2. The highest BCUT2D eigenvalue weighted by molar-refractivity contribution is 5.77. The Bertz CT molecular complexity index is 970. The lowest BCUT2D eigenvalue weighted by Crippen LogP contribution is -2.46. The van der Waals surface area contributed by atoms with E-state index in [1.165, 1.54) is 225 Å². The van der Waals surface area contributed by atoms with Crippen molar-refractivity contribution in [3.63, 3.8) is 0 Å². The molecule has 0 aliphatic carbocycles. The minimum absolute atomic E-state index is 0.0823. The summed E-state index contributed by atoms with van der Waals surface area (Å²) in [6.07, 6.45) is 59.9. The van der Waals surface area contributed by atoms with E-state index in [0.717, 1.165) is 51.4 Å². The van der Waals surface area contributed by atoms with E-state index in [9.17, 15) is 19.8 Å². The van der Waals surface area contributed by atoms with Crippen LogP contribution in [0.25, 0.3) is 0 Å². The Hall–Kier alpha value is -1.40. The van der Waals surface area contributed by atoms with Crippen molar-refractivity contribution >= 4 is 11.9 Å². The van der Waals surface area contributed by atoms with E-state index in [0.29, 0.717) is 19.3 Å². The second-order valence-corrected chi connectivity index (χ2v) is 20.1. The van der Waals surface area contributed by atoms with Crippen LogP contribution >= 0.6 is 0 Å². The number of amides is 1. The van der Waals surface area contributed by atoms with Crippen LogP contribution in [0.4, 0.5) is 0 Å². The summed E-state index contributed by atoms with van der Waals surface area (Å²) in [5.41, 5.74) is 0. The van der Waals surface area contributed by atoms with Crippen LogP contribution in [0.15, 0.2) is 12.2 Å². The SMILES string of the molecule is CCCCCCCC/C=C/CCCCCCCCCC(CC(=O)NC(CO)C(O)CCCCCCCCCCCCCCCC)OC(=O)CCCCCCCCCCCCCCCC. The van der Waals surface area contributed by atoms with Crippen LogP contribution in [-0.2, 0) is 14.3 Å². The van der Waals surface area contributed by atoms with Gasteiger partial charge >= 0.3 is 5.97 Å². The third-order valence-electron chi connectivity index (χ3n) is 13.6. The normalized spacial score (nSPS) is 13.1. The van der Waals surface area contributed by atoms with Gasteiger partial charge in [0.25, 0.3) is 0 Å². The van der Waals surface area contributed by atoms with Crippen LogP contribution < -0.4 is 5.32 Å². The minimum atomic E-state index is -0.784. The summed E-state index contributed by atoms with van der Waals surface area (Å²) >= 11 is 0. The summed E-state index contributed by atoms with van der Waals surface area (Å²) in [7, 11) is 0. The molecule has 6 nitrogen and oxygen atoms in total. The summed E-state index contributed by atoms with van der Waals surface area (Å²) in [5.74, 6) is -0.455. The number of aliphatic hydroxyl groups excluding tert-OH is 2. The number of ether oxygens (including phenoxy) is 1. The zero-order valence-corrected chi connectivity index (χ0v) is 43.4. The van der Waals surface area contributed by atoms with Gasteiger partial charge in [0.05, 0.1) is 25.2 Å². The Morgan fingerprint density at radius 1 is 0.438 bits per heavy atom. The maximum absolute atomic E-state index is 13.3. The molecule has 0 rings (SSSR count). The number of hydrogen-bond acceptors (Lipinski definition) is 5. The fourth-order valence-electron chi connectivity index (χ4n) is 9.19. The molecule has 1 amide bonds. The standard InChI is InChI=1S/C58H113NO5/c1-4-7-10-13-16-19-22-25-28-29-30-31-34-37-40-43-46-49-54(64-58(63)51-48-45-42-39-36-33-27-24-21-18-15-12-9-6-3)52-57(62)59-55(53-60)56(61)50-47-44-41-38-35-32-26-23-20-17-14-11-8-5-2/h25,28,54-56,60-61H,4-24,26-27,29-53H2,1-3H3,(H,59,62)/b28-25+. The van der Waals surface area contributed by atoms with Crippen molar-refractivity contribution in [2.24, 2.45) is 0 Å². The Labute approximate surface area is 399 Å². The predicted octanol–water partition coefficient (Wildman–Crippen LogP) is 17.7. The number of aliphatic hydroxyl groups is 2. The minimum Gasteiger partial charge on any atom is -0.462 e. The van der Waals surface area contributed by atoms with E-state index in [-0.39, 0.29) is 24.9 Å². The molecule has 6 heteroatoms. The first-order chi connectivity index (χ1) is 31.5. The highest BCUT2D eigenvalue weighted by atomic mass is 16.5. The average molecular weight is 905 g/mol. The second kappa shape index (κ2) is 52.6. The van der Waals surface area contributed by atoms with Crippen molar-refractivity contribution in [3.05, 3.63) is 12.2 Å². The lowest BCUT2D eigenvalue weighted by Gasteiger charge is -2.24. The Balaban J connectivity index is 4.52. The molecule has 380 valence electrons. The molecule has 0 heterocycles. The van der Waals surface area contributed by atoms with E-state index < -0.39 is 18.2 Å². The number of carbonyl (C=O) groups is 2. The molecule has 0 aromatic carbocycles. The Morgan fingerprint density at radius 3 is 1.11 bits per heavy atom. The van der Waals surface area contributed by atoms with Gasteiger partial charge in [0.15, 0.2) is 0 Å². The van der Waals surface area contributed by atoms with Crippen LogP contribution in [0.3, 0.4) is 0 Å². The maximum Gasteiger partial charge on any atom is 0.306 e. The molecule has 3 unspecified atom stereocenters. The van der Waals surface area contributed by atoms with Crippen molar-refractivity contribution in [3.8, 4) is 0 Å². The van der Waals surface area contributed by atoms with Gasteiger partial charge in [0, 0.05) is 6.42 Å². The molecule has 0 aliphatic heterocycles. The predicted molar refractivity (Wildman–Crippen MR) is 278 cm³/mol. The number of unbranched alkanes of at least 4 members (excludes halogenated alkanes) is 39. The molecule has 64 heavy (non-hydrogen) atoms. The highest BCUT2D eigenvalue weighted by Crippen LogP contribution is 2.19. The first kappa shape index (κ1) is 62.6. The molecular formula is C58H113NO5. The molecule has 0 aromatic heterocycles. The highest BCUT2D eigenvalue weighted by Gasteiger charge is 2.24. The maximum atomic E-state index is 13.3. The quantitative estimate of drug-likeness (QED) is 0.0321. The van der Waals surface area contributed by atoms with Crippen molar-refractivity contribution in [2.75, 3.05) is 6.61 Å². The van der Waals surface area contributed by atoms with Gasteiger partial charge in [0.1, 0.15) is 6.10 Å². The second-order valence-electron chi connectivity index (χ2n) is 20.1. The topological polar surface area (TPSA) is 95.9 Å². The van der Waals surface area contributed by atoms with Crippen molar-refractivity contribution in [1.29, 1.82) is 0 Å². The van der Waals surface area contributed by atoms with Gasteiger partial charge in [-0.05, 0) is 51.4 Å². The van der Waals surface area contributed by atoms with Gasteiger partial charge in [0.2, 0.25) is 5.91 Å². The molecular weight excluding hydrogens is 791 g/mol. The van der Waals surface area contributed by atoms with Gasteiger partial charge in [-0.1, -0.05) is 270 Å². The van der Waals surface area contributed by atoms with E-state index in [1.807, 2.05) is 0 Å². The first-order valence-electron chi connectivity index (χ1n) is 28.9. The summed E-state index contributed by atoms with van der Waals surface area (Å²) in [6.45, 7) is 6.52. The largest absolute Gasteiger partial charge is 0.462 e. The average Bonchev–Trinajstić information content (AvgIpc) is 3.29. The van der Waals surface area contributed by atoms with Crippen LogP contribution in [0, 0.1) is 0 Å². The zero-order valence-electron chi connectivity index (χ0n) is 43.4. The van der Waals surface area contributed by atoms with Gasteiger partial charge in [-0.25, -0.2) is 0 Å². The lowest BCUT2D eigenvalue weighted by atomic mass is 10.0. The van der Waals surface area contributed by atoms with Gasteiger partial charge < -0.3 is 20.3 Å². The molecule has 0 spiro atoms. The molecule has 0 bridgehead atoms. The third kappa shape index (κ3) is 47.1. The Kier molecular flexibility index (Phi) is 51.4. The van der Waals surface area contributed by atoms with Crippen LogP contribution in [0.1, 0.15) is 323 Å². The van der Waals surface area contributed by atoms with Gasteiger partial charge in [-0.2, -0.15) is 0 Å². The molecule has 0 fully saturated rings. The smallest absolute Gasteiger partial charge is 0.306 e. The van der Waals surface area contributed by atoms with E-state index in [1.54, 1.807) is 0 Å². The number of nitrogens with one attached hydrogen (secondary N) is 1. The van der Waals surface area contributed by atoms with Crippen LogP contribution in [0.5, 0.6) is 0 Å². The summed E-state index contributed by atoms with van der Waals surface area (Å²) in [6, 6.07) is -0.697. The van der Waals surface area contributed by atoms with Crippen molar-refractivity contribution in [1.82, 2.24) is 5.32 Å².